The molecule has 0 heterocycles. The number of amides is 2. The van der Waals surface area contributed by atoms with E-state index in [1.807, 2.05) is 60.7 Å². The van der Waals surface area contributed by atoms with E-state index in [1.54, 1.807) is 17.0 Å². The fourth-order valence-electron chi connectivity index (χ4n) is 3.81. The van der Waals surface area contributed by atoms with E-state index in [4.69, 9.17) is 0 Å². The molecule has 0 aliphatic rings. The third kappa shape index (κ3) is 7.84. The third-order valence-corrected chi connectivity index (χ3v) is 5.76. The van der Waals surface area contributed by atoms with Gasteiger partial charge in [0, 0.05) is 19.5 Å². The maximum absolute atomic E-state index is 13.6. The second-order valence-electron chi connectivity index (χ2n) is 8.99. The van der Waals surface area contributed by atoms with Crippen molar-refractivity contribution in [3.8, 4) is 0 Å². The Morgan fingerprint density at radius 1 is 0.824 bits per heavy atom. The zero-order valence-corrected chi connectivity index (χ0v) is 19.9. The predicted molar refractivity (Wildman–Crippen MR) is 133 cm³/mol. The first-order valence-electron chi connectivity index (χ1n) is 11.8. The molecule has 34 heavy (non-hydrogen) atoms. The highest BCUT2D eigenvalue weighted by molar-refractivity contribution is 5.88. The van der Waals surface area contributed by atoms with Crippen LogP contribution < -0.4 is 5.32 Å². The van der Waals surface area contributed by atoms with Gasteiger partial charge in [0.2, 0.25) is 11.8 Å². The van der Waals surface area contributed by atoms with Crippen LogP contribution in [0.4, 0.5) is 4.39 Å². The van der Waals surface area contributed by atoms with Gasteiger partial charge in [-0.05, 0) is 41.2 Å². The smallest absolute Gasteiger partial charge is 0.243 e. The van der Waals surface area contributed by atoms with Crippen molar-refractivity contribution in [3.05, 3.63) is 107 Å². The lowest BCUT2D eigenvalue weighted by Gasteiger charge is -2.32. The van der Waals surface area contributed by atoms with Crippen LogP contribution in [0.3, 0.4) is 0 Å². The van der Waals surface area contributed by atoms with Crippen molar-refractivity contribution in [2.24, 2.45) is 5.92 Å². The van der Waals surface area contributed by atoms with E-state index in [1.165, 1.54) is 12.1 Å². The lowest BCUT2D eigenvalue weighted by atomic mass is 10.0. The van der Waals surface area contributed by atoms with Crippen LogP contribution in [0.1, 0.15) is 37.0 Å². The van der Waals surface area contributed by atoms with E-state index >= 15 is 0 Å². The molecule has 0 aromatic heterocycles. The van der Waals surface area contributed by atoms with E-state index < -0.39 is 6.04 Å². The molecular formula is C29H33FN2O2. The highest BCUT2D eigenvalue weighted by Gasteiger charge is 2.30. The van der Waals surface area contributed by atoms with Crippen LogP contribution in [0, 0.1) is 11.7 Å². The summed E-state index contributed by atoms with van der Waals surface area (Å²) in [7, 11) is 0. The van der Waals surface area contributed by atoms with Gasteiger partial charge in [0.1, 0.15) is 11.9 Å². The van der Waals surface area contributed by atoms with Crippen LogP contribution in [0.2, 0.25) is 0 Å². The van der Waals surface area contributed by atoms with Crippen molar-refractivity contribution in [1.29, 1.82) is 0 Å². The minimum absolute atomic E-state index is 0.143. The Morgan fingerprint density at radius 3 is 2.00 bits per heavy atom. The van der Waals surface area contributed by atoms with Gasteiger partial charge in [-0.2, -0.15) is 0 Å². The fourth-order valence-corrected chi connectivity index (χ4v) is 3.81. The molecule has 3 rings (SSSR count). The summed E-state index contributed by atoms with van der Waals surface area (Å²) in [5.74, 6) is -0.190. The van der Waals surface area contributed by atoms with Gasteiger partial charge in [-0.3, -0.25) is 9.59 Å². The van der Waals surface area contributed by atoms with Gasteiger partial charge < -0.3 is 10.2 Å². The summed E-state index contributed by atoms with van der Waals surface area (Å²) >= 11 is 0. The number of nitrogens with one attached hydrogen (secondary N) is 1. The molecule has 0 bridgehead atoms. The molecule has 178 valence electrons. The van der Waals surface area contributed by atoms with Crippen LogP contribution in [0.15, 0.2) is 84.9 Å². The molecular weight excluding hydrogens is 427 g/mol. The summed E-state index contributed by atoms with van der Waals surface area (Å²) in [5, 5.41) is 3.04. The van der Waals surface area contributed by atoms with Gasteiger partial charge in [0.25, 0.3) is 0 Å². The number of hydrogen-bond acceptors (Lipinski definition) is 2. The van der Waals surface area contributed by atoms with Crippen molar-refractivity contribution in [2.75, 3.05) is 6.54 Å². The minimum atomic E-state index is -0.684. The summed E-state index contributed by atoms with van der Waals surface area (Å²) in [6.07, 6.45) is 1.45. The van der Waals surface area contributed by atoms with Gasteiger partial charge in [0.05, 0.1) is 6.42 Å². The Kier molecular flexibility index (Phi) is 9.39. The molecule has 2 amide bonds. The van der Waals surface area contributed by atoms with Gasteiger partial charge in [-0.1, -0.05) is 86.6 Å². The van der Waals surface area contributed by atoms with E-state index in [-0.39, 0.29) is 30.6 Å². The SMILES string of the molecule is CC(C)CCNC(=O)[C@H](Cc1ccccc1)N(Cc1ccc(F)cc1)C(=O)Cc1ccccc1. The highest BCUT2D eigenvalue weighted by Crippen LogP contribution is 2.17. The van der Waals surface area contributed by atoms with Crippen molar-refractivity contribution in [3.63, 3.8) is 0 Å². The zero-order valence-electron chi connectivity index (χ0n) is 19.9. The number of hydrogen-bond donors (Lipinski definition) is 1. The number of halogens is 1. The van der Waals surface area contributed by atoms with Gasteiger partial charge in [-0.15, -0.1) is 0 Å². The number of carbonyl (C=O) groups is 2. The first kappa shape index (κ1) is 25.2. The van der Waals surface area contributed by atoms with Crippen LogP contribution >= 0.6 is 0 Å². The quantitative estimate of drug-likeness (QED) is 0.429. The average molecular weight is 461 g/mol. The van der Waals surface area contributed by atoms with Crippen molar-refractivity contribution in [2.45, 2.75) is 45.7 Å². The molecule has 0 unspecified atom stereocenters. The molecule has 0 aliphatic heterocycles. The molecule has 0 fully saturated rings. The van der Waals surface area contributed by atoms with Gasteiger partial charge >= 0.3 is 0 Å². The number of carbonyl (C=O) groups excluding carboxylic acids is 2. The number of benzene rings is 3. The van der Waals surface area contributed by atoms with E-state index in [2.05, 4.69) is 19.2 Å². The summed E-state index contributed by atoms with van der Waals surface area (Å²) < 4.78 is 13.5. The van der Waals surface area contributed by atoms with Gasteiger partial charge in [-0.25, -0.2) is 4.39 Å². The second kappa shape index (κ2) is 12.7. The normalized spacial score (nSPS) is 11.8. The fraction of sp³-hybridized carbons (Fsp3) is 0.310. The largest absolute Gasteiger partial charge is 0.354 e. The third-order valence-electron chi connectivity index (χ3n) is 5.76. The Labute approximate surface area is 201 Å². The topological polar surface area (TPSA) is 49.4 Å². The standard InChI is InChI=1S/C29H33FN2O2/c1-22(2)17-18-31-29(34)27(19-23-9-5-3-6-10-23)32(21-25-13-15-26(30)16-14-25)28(33)20-24-11-7-4-8-12-24/h3-16,22,27H,17-21H2,1-2H3,(H,31,34)/t27-/m0/s1. The molecule has 0 aliphatic carbocycles. The van der Waals surface area contributed by atoms with Crippen molar-refractivity contribution in [1.82, 2.24) is 10.2 Å². The molecule has 4 nitrogen and oxygen atoms in total. The second-order valence-corrected chi connectivity index (χ2v) is 8.99. The molecule has 3 aromatic rings. The molecule has 0 saturated heterocycles. The summed E-state index contributed by atoms with van der Waals surface area (Å²) in [6.45, 7) is 5.00. The van der Waals surface area contributed by atoms with Crippen molar-refractivity contribution < 1.29 is 14.0 Å². The Hall–Kier alpha value is -3.47. The average Bonchev–Trinajstić information content (AvgIpc) is 2.83. The number of rotatable bonds is 11. The molecule has 0 radical (unpaired) electrons. The summed E-state index contributed by atoms with van der Waals surface area (Å²) in [4.78, 5) is 28.6. The maximum atomic E-state index is 13.6. The maximum Gasteiger partial charge on any atom is 0.243 e. The number of nitrogens with zero attached hydrogens (tertiary/aromatic N) is 1. The summed E-state index contributed by atoms with van der Waals surface area (Å²) in [5.41, 5.74) is 2.63. The Balaban J connectivity index is 1.91. The van der Waals surface area contributed by atoms with E-state index in [9.17, 15) is 14.0 Å². The van der Waals surface area contributed by atoms with Crippen LogP contribution in [0.25, 0.3) is 0 Å². The molecule has 0 spiro atoms. The summed E-state index contributed by atoms with van der Waals surface area (Å²) in [6, 6.07) is 24.6. The van der Waals surface area contributed by atoms with Gasteiger partial charge in [0.15, 0.2) is 0 Å². The molecule has 1 atom stereocenters. The Morgan fingerprint density at radius 2 is 1.41 bits per heavy atom. The molecule has 3 aromatic carbocycles. The first-order valence-corrected chi connectivity index (χ1v) is 11.8. The monoisotopic (exact) mass is 460 g/mol. The molecule has 0 saturated carbocycles. The molecule has 1 N–H and O–H groups in total. The first-order chi connectivity index (χ1) is 16.4. The zero-order chi connectivity index (χ0) is 24.3. The Bertz CT molecular complexity index is 1040. The predicted octanol–water partition coefficient (Wildman–Crippen LogP) is 5.17. The van der Waals surface area contributed by atoms with Crippen LogP contribution in [0.5, 0.6) is 0 Å². The van der Waals surface area contributed by atoms with E-state index in [0.717, 1.165) is 23.1 Å². The lowest BCUT2D eigenvalue weighted by molar-refractivity contribution is -0.140. The lowest BCUT2D eigenvalue weighted by Crippen LogP contribution is -2.51. The van der Waals surface area contributed by atoms with Crippen molar-refractivity contribution >= 4 is 11.8 Å². The molecule has 5 heteroatoms. The minimum Gasteiger partial charge on any atom is -0.354 e. The highest BCUT2D eigenvalue weighted by atomic mass is 19.1. The van der Waals surface area contributed by atoms with Crippen LogP contribution in [-0.2, 0) is 29.0 Å². The van der Waals surface area contributed by atoms with Crippen LogP contribution in [-0.4, -0.2) is 29.3 Å². The van der Waals surface area contributed by atoms with E-state index in [0.29, 0.717) is 18.9 Å².